The van der Waals surface area contributed by atoms with Crippen LogP contribution in [0.2, 0.25) is 0 Å². The second-order valence-electron chi connectivity index (χ2n) is 10.5. The molecule has 0 spiro atoms. The van der Waals surface area contributed by atoms with Crippen LogP contribution in [0.25, 0.3) is 0 Å². The molecule has 0 aliphatic carbocycles. The van der Waals surface area contributed by atoms with Crippen LogP contribution in [0.15, 0.2) is 72.8 Å². The number of halogens is 1. The van der Waals surface area contributed by atoms with Crippen molar-refractivity contribution < 1.29 is 28.6 Å². The number of ether oxygens (including phenoxy) is 1. The van der Waals surface area contributed by atoms with Gasteiger partial charge in [-0.05, 0) is 61.5 Å². The van der Waals surface area contributed by atoms with Gasteiger partial charge in [0.2, 0.25) is 5.91 Å². The van der Waals surface area contributed by atoms with Crippen LogP contribution in [0.3, 0.4) is 0 Å². The van der Waals surface area contributed by atoms with Crippen LogP contribution in [0.5, 0.6) is 5.75 Å². The van der Waals surface area contributed by atoms with Crippen molar-refractivity contribution in [3.05, 3.63) is 84.2 Å². The van der Waals surface area contributed by atoms with Crippen LogP contribution in [0.1, 0.15) is 19.4 Å². The second-order valence-corrected chi connectivity index (χ2v) is 10.5. The lowest BCUT2D eigenvalue weighted by atomic mass is 10.0. The Hall–Kier alpha value is -4.64. The number of aliphatic hydroxyl groups is 1. The Labute approximate surface area is 244 Å². The molecule has 1 aliphatic heterocycles. The van der Waals surface area contributed by atoms with Crippen molar-refractivity contribution >= 4 is 35.0 Å². The highest BCUT2D eigenvalue weighted by Crippen LogP contribution is 2.29. The molecule has 4 N–H and O–H groups in total. The summed E-state index contributed by atoms with van der Waals surface area (Å²) in [5.41, 5.74) is 2.12. The number of para-hydroxylation sites is 1. The molecule has 0 fully saturated rings. The van der Waals surface area contributed by atoms with Crippen LogP contribution in [-0.2, 0) is 11.2 Å². The number of urea groups is 2. The molecule has 3 atom stereocenters. The molecule has 10 nitrogen and oxygen atoms in total. The van der Waals surface area contributed by atoms with E-state index in [1.807, 2.05) is 25.1 Å². The third kappa shape index (κ3) is 7.97. The normalized spacial score (nSPS) is 17.5. The molecule has 0 saturated carbocycles. The maximum atomic E-state index is 13.4. The van der Waals surface area contributed by atoms with Gasteiger partial charge in [-0.25, -0.2) is 14.0 Å². The maximum Gasteiger partial charge on any atom is 0.323 e. The summed E-state index contributed by atoms with van der Waals surface area (Å²) in [5.74, 6) is -0.356. The highest BCUT2D eigenvalue weighted by molar-refractivity contribution is 6.00. The molecule has 0 bridgehead atoms. The second kappa shape index (κ2) is 13.8. The molecule has 42 heavy (non-hydrogen) atoms. The first-order valence-corrected chi connectivity index (χ1v) is 13.7. The molecular weight excluding hydrogens is 541 g/mol. The maximum absolute atomic E-state index is 13.4. The number of carbonyl (C=O) groups is 3. The van der Waals surface area contributed by atoms with Gasteiger partial charge in [0, 0.05) is 42.1 Å². The highest BCUT2D eigenvalue weighted by atomic mass is 19.1. The van der Waals surface area contributed by atoms with Gasteiger partial charge in [0.15, 0.2) is 0 Å². The van der Waals surface area contributed by atoms with Crippen LogP contribution in [0, 0.1) is 11.7 Å². The van der Waals surface area contributed by atoms with Gasteiger partial charge in [0.25, 0.3) is 0 Å². The van der Waals surface area contributed by atoms with E-state index in [1.54, 1.807) is 49.2 Å². The van der Waals surface area contributed by atoms with E-state index < -0.39 is 30.0 Å². The summed E-state index contributed by atoms with van der Waals surface area (Å²) >= 11 is 0. The van der Waals surface area contributed by atoms with Crippen molar-refractivity contribution in [2.24, 2.45) is 5.92 Å². The fraction of sp³-hybridized carbons (Fsp3) is 0.323. The number of carbonyl (C=O) groups excluding carboxylic acids is 3. The summed E-state index contributed by atoms with van der Waals surface area (Å²) in [7, 11) is 1.63. The first-order chi connectivity index (χ1) is 20.1. The number of nitrogens with one attached hydrogen (secondary N) is 3. The topological polar surface area (TPSA) is 123 Å². The van der Waals surface area contributed by atoms with Crippen molar-refractivity contribution in [1.82, 2.24) is 9.80 Å². The predicted molar refractivity (Wildman–Crippen MR) is 159 cm³/mol. The minimum atomic E-state index is -0.521. The largest absolute Gasteiger partial charge is 0.488 e. The average molecular weight is 578 g/mol. The lowest BCUT2D eigenvalue weighted by molar-refractivity contribution is -0.134. The third-order valence-electron chi connectivity index (χ3n) is 7.10. The molecule has 5 amide bonds. The Kier molecular flexibility index (Phi) is 9.98. The number of likely N-dealkylation sites (N-methyl/N-ethyl adjacent to an activating group) is 1. The van der Waals surface area contributed by atoms with Gasteiger partial charge in [-0.1, -0.05) is 25.1 Å². The summed E-state index contributed by atoms with van der Waals surface area (Å²) in [5, 5.41) is 18.2. The van der Waals surface area contributed by atoms with Gasteiger partial charge in [0.05, 0.1) is 25.6 Å². The SMILES string of the molecule is C[C@@H]1CN([C@@H](C)CO)C(=O)Cc2cc(NC(=O)Nc3ccccc3)ccc2O[C@H]1CN(C)C(=O)Nc1ccc(F)cc1. The fourth-order valence-electron chi connectivity index (χ4n) is 4.65. The number of amides is 5. The summed E-state index contributed by atoms with van der Waals surface area (Å²) in [4.78, 5) is 42.0. The first-order valence-electron chi connectivity index (χ1n) is 13.7. The number of benzene rings is 3. The third-order valence-corrected chi connectivity index (χ3v) is 7.10. The van der Waals surface area contributed by atoms with Crippen molar-refractivity contribution in [2.45, 2.75) is 32.4 Å². The lowest BCUT2D eigenvalue weighted by Gasteiger charge is -2.34. The first kappa shape index (κ1) is 30.3. The van der Waals surface area contributed by atoms with E-state index in [2.05, 4.69) is 16.0 Å². The Bertz CT molecular complexity index is 1390. The van der Waals surface area contributed by atoms with E-state index in [4.69, 9.17) is 4.74 Å². The molecule has 1 heterocycles. The summed E-state index contributed by atoms with van der Waals surface area (Å²) in [6, 6.07) is 18.3. The molecule has 3 aromatic rings. The molecule has 0 unspecified atom stereocenters. The quantitative estimate of drug-likeness (QED) is 0.322. The molecule has 3 aromatic carbocycles. The Morgan fingerprint density at radius 2 is 1.67 bits per heavy atom. The molecule has 4 rings (SSSR count). The zero-order valence-electron chi connectivity index (χ0n) is 23.8. The molecule has 0 aromatic heterocycles. The molecule has 222 valence electrons. The zero-order valence-corrected chi connectivity index (χ0v) is 23.8. The Morgan fingerprint density at radius 1 is 1.02 bits per heavy atom. The Balaban J connectivity index is 1.55. The van der Waals surface area contributed by atoms with Crippen LogP contribution in [-0.4, -0.2) is 71.8 Å². The minimum absolute atomic E-state index is 0.00414. The van der Waals surface area contributed by atoms with E-state index in [0.717, 1.165) is 0 Å². The van der Waals surface area contributed by atoms with Crippen LogP contribution >= 0.6 is 0 Å². The van der Waals surface area contributed by atoms with E-state index in [1.165, 1.54) is 29.2 Å². The van der Waals surface area contributed by atoms with E-state index in [-0.39, 0.29) is 31.4 Å². The number of fused-ring (bicyclic) bond motifs is 1. The molecule has 11 heteroatoms. The predicted octanol–water partition coefficient (Wildman–Crippen LogP) is 4.78. The number of hydrogen-bond acceptors (Lipinski definition) is 5. The van der Waals surface area contributed by atoms with Crippen molar-refractivity contribution in [2.75, 3.05) is 42.7 Å². The van der Waals surface area contributed by atoms with Crippen molar-refractivity contribution in [3.8, 4) is 5.75 Å². The van der Waals surface area contributed by atoms with Gasteiger partial charge in [-0.3, -0.25) is 4.79 Å². The molecule has 1 aliphatic rings. The summed E-state index contributed by atoms with van der Waals surface area (Å²) < 4.78 is 19.7. The van der Waals surface area contributed by atoms with Gasteiger partial charge < -0.3 is 35.6 Å². The highest BCUT2D eigenvalue weighted by Gasteiger charge is 2.32. The molecular formula is C31H36FN5O5. The van der Waals surface area contributed by atoms with Crippen LogP contribution in [0.4, 0.5) is 31.0 Å². The van der Waals surface area contributed by atoms with E-state index in [0.29, 0.717) is 34.9 Å². The van der Waals surface area contributed by atoms with Gasteiger partial charge in [-0.2, -0.15) is 0 Å². The lowest BCUT2D eigenvalue weighted by Crippen LogP contribution is -2.48. The number of anilines is 3. The van der Waals surface area contributed by atoms with Gasteiger partial charge in [-0.15, -0.1) is 0 Å². The van der Waals surface area contributed by atoms with Gasteiger partial charge >= 0.3 is 12.1 Å². The molecule has 0 radical (unpaired) electrons. The smallest absolute Gasteiger partial charge is 0.323 e. The molecule has 0 saturated heterocycles. The fourth-order valence-corrected chi connectivity index (χ4v) is 4.65. The number of rotatable bonds is 7. The van der Waals surface area contributed by atoms with E-state index >= 15 is 0 Å². The van der Waals surface area contributed by atoms with E-state index in [9.17, 15) is 23.9 Å². The summed E-state index contributed by atoms with van der Waals surface area (Å²) in [6.45, 7) is 3.97. The van der Waals surface area contributed by atoms with Crippen molar-refractivity contribution in [1.29, 1.82) is 0 Å². The minimum Gasteiger partial charge on any atom is -0.488 e. The monoisotopic (exact) mass is 577 g/mol. The van der Waals surface area contributed by atoms with Crippen LogP contribution < -0.4 is 20.7 Å². The Morgan fingerprint density at radius 3 is 2.36 bits per heavy atom. The summed E-state index contributed by atoms with van der Waals surface area (Å²) in [6.07, 6.45) is -0.525. The van der Waals surface area contributed by atoms with Crippen molar-refractivity contribution in [3.63, 3.8) is 0 Å². The zero-order chi connectivity index (χ0) is 30.2. The number of aliphatic hydroxyl groups excluding tert-OH is 1. The number of nitrogens with zero attached hydrogens (tertiary/aromatic N) is 2. The standard InChI is InChI=1S/C31H36FN5O5/c1-20-17-37(21(2)19-38)29(39)16-22-15-26(34-30(40)33-24-7-5-4-6-8-24)13-14-27(22)42-28(20)18-36(3)31(41)35-25-11-9-23(32)10-12-25/h4-15,20-21,28,38H,16-19H2,1-3H3,(H,35,41)(H2,33,34,40)/t20-,21+,28+/m1/s1. The number of hydrogen-bond donors (Lipinski definition) is 4. The average Bonchev–Trinajstić information content (AvgIpc) is 3.01. The van der Waals surface area contributed by atoms with Gasteiger partial charge in [0.1, 0.15) is 17.7 Å².